The molecule has 110 valence electrons. The van der Waals surface area contributed by atoms with Crippen LogP contribution in [0, 0.1) is 0 Å². The summed E-state index contributed by atoms with van der Waals surface area (Å²) >= 11 is 0. The van der Waals surface area contributed by atoms with Crippen molar-refractivity contribution in [1.29, 1.82) is 0 Å². The smallest absolute Gasteiger partial charge is 0.224 e. The normalized spacial score (nSPS) is 10.5. The van der Waals surface area contributed by atoms with E-state index < -0.39 is 0 Å². The SMILES string of the molecule is Nc1cccc(CCC(=O)Nc2ccc3ccccc3c2)c1. The summed E-state index contributed by atoms with van der Waals surface area (Å²) < 4.78 is 0. The van der Waals surface area contributed by atoms with E-state index in [1.165, 1.54) is 5.39 Å². The number of anilines is 2. The van der Waals surface area contributed by atoms with Crippen LogP contribution in [0.15, 0.2) is 66.7 Å². The fourth-order valence-corrected chi connectivity index (χ4v) is 2.50. The summed E-state index contributed by atoms with van der Waals surface area (Å²) in [6.45, 7) is 0. The Morgan fingerprint density at radius 1 is 0.909 bits per heavy atom. The van der Waals surface area contributed by atoms with Crippen LogP contribution in [0.2, 0.25) is 0 Å². The lowest BCUT2D eigenvalue weighted by Crippen LogP contribution is -2.12. The standard InChI is InChI=1S/C19H18N2O/c20-17-7-3-4-14(12-17)8-11-19(22)21-18-10-9-15-5-1-2-6-16(15)13-18/h1-7,9-10,12-13H,8,11,20H2,(H,21,22). The van der Waals surface area contributed by atoms with E-state index in [9.17, 15) is 4.79 Å². The van der Waals surface area contributed by atoms with Crippen molar-refractivity contribution < 1.29 is 4.79 Å². The molecular formula is C19H18N2O. The van der Waals surface area contributed by atoms with Crippen molar-refractivity contribution in [1.82, 2.24) is 0 Å². The van der Waals surface area contributed by atoms with Crippen LogP contribution in [-0.2, 0) is 11.2 Å². The first-order chi connectivity index (χ1) is 10.7. The van der Waals surface area contributed by atoms with Crippen LogP contribution in [-0.4, -0.2) is 5.91 Å². The first-order valence-corrected chi connectivity index (χ1v) is 7.34. The third kappa shape index (κ3) is 3.44. The zero-order chi connectivity index (χ0) is 15.4. The van der Waals surface area contributed by atoms with E-state index in [1.807, 2.05) is 60.7 Å². The van der Waals surface area contributed by atoms with Gasteiger partial charge in [0.25, 0.3) is 0 Å². The van der Waals surface area contributed by atoms with Crippen molar-refractivity contribution in [3.05, 3.63) is 72.3 Å². The van der Waals surface area contributed by atoms with Gasteiger partial charge < -0.3 is 11.1 Å². The predicted octanol–water partition coefficient (Wildman–Crippen LogP) is 3.99. The van der Waals surface area contributed by atoms with E-state index >= 15 is 0 Å². The molecule has 0 aromatic heterocycles. The highest BCUT2D eigenvalue weighted by Crippen LogP contribution is 2.19. The molecular weight excluding hydrogens is 272 g/mol. The Labute approximate surface area is 129 Å². The summed E-state index contributed by atoms with van der Waals surface area (Å²) in [5, 5.41) is 5.24. The quantitative estimate of drug-likeness (QED) is 0.714. The van der Waals surface area contributed by atoms with Crippen LogP contribution in [0.3, 0.4) is 0 Å². The lowest BCUT2D eigenvalue weighted by atomic mass is 10.1. The van der Waals surface area contributed by atoms with E-state index in [-0.39, 0.29) is 5.91 Å². The maximum Gasteiger partial charge on any atom is 0.224 e. The van der Waals surface area contributed by atoms with Gasteiger partial charge in [-0.05, 0) is 47.0 Å². The Balaban J connectivity index is 1.63. The number of carbonyl (C=O) groups excluding carboxylic acids is 1. The number of rotatable bonds is 4. The van der Waals surface area contributed by atoms with Crippen LogP contribution >= 0.6 is 0 Å². The summed E-state index contributed by atoms with van der Waals surface area (Å²) in [4.78, 5) is 12.1. The average Bonchev–Trinajstić information content (AvgIpc) is 2.53. The summed E-state index contributed by atoms with van der Waals surface area (Å²) in [5.41, 5.74) is 8.38. The molecule has 0 saturated heterocycles. The molecule has 0 spiro atoms. The molecule has 3 rings (SSSR count). The van der Waals surface area contributed by atoms with Gasteiger partial charge in [-0.15, -0.1) is 0 Å². The monoisotopic (exact) mass is 290 g/mol. The van der Waals surface area contributed by atoms with E-state index in [1.54, 1.807) is 0 Å². The van der Waals surface area contributed by atoms with Crippen LogP contribution in [0.1, 0.15) is 12.0 Å². The zero-order valence-corrected chi connectivity index (χ0v) is 12.3. The van der Waals surface area contributed by atoms with Gasteiger partial charge in [-0.2, -0.15) is 0 Å². The number of amides is 1. The first kappa shape index (κ1) is 14.1. The Kier molecular flexibility index (Phi) is 4.05. The minimum Gasteiger partial charge on any atom is -0.399 e. The molecule has 0 radical (unpaired) electrons. The molecule has 0 fully saturated rings. The minimum atomic E-state index is 0.0118. The number of hydrogen-bond acceptors (Lipinski definition) is 2. The lowest BCUT2D eigenvalue weighted by Gasteiger charge is -2.07. The molecule has 22 heavy (non-hydrogen) atoms. The topological polar surface area (TPSA) is 55.1 Å². The minimum absolute atomic E-state index is 0.0118. The van der Waals surface area contributed by atoms with E-state index in [0.717, 1.165) is 22.3 Å². The Morgan fingerprint density at radius 3 is 2.55 bits per heavy atom. The fraction of sp³-hybridized carbons (Fsp3) is 0.105. The number of nitrogen functional groups attached to an aromatic ring is 1. The van der Waals surface area contributed by atoms with Gasteiger partial charge in [0.05, 0.1) is 0 Å². The maximum absolute atomic E-state index is 12.1. The van der Waals surface area contributed by atoms with E-state index in [2.05, 4.69) is 11.4 Å². The van der Waals surface area contributed by atoms with Gasteiger partial charge >= 0.3 is 0 Å². The van der Waals surface area contributed by atoms with E-state index in [4.69, 9.17) is 5.73 Å². The number of aryl methyl sites for hydroxylation is 1. The molecule has 0 aliphatic heterocycles. The molecule has 0 aliphatic carbocycles. The van der Waals surface area contributed by atoms with Gasteiger partial charge in [0.15, 0.2) is 0 Å². The van der Waals surface area contributed by atoms with Crippen LogP contribution in [0.25, 0.3) is 10.8 Å². The second-order valence-electron chi connectivity index (χ2n) is 5.36. The lowest BCUT2D eigenvalue weighted by molar-refractivity contribution is -0.116. The second kappa shape index (κ2) is 6.31. The average molecular weight is 290 g/mol. The number of benzene rings is 3. The summed E-state index contributed by atoms with van der Waals surface area (Å²) in [5.74, 6) is 0.0118. The molecule has 0 heterocycles. The third-order valence-electron chi connectivity index (χ3n) is 3.62. The van der Waals surface area contributed by atoms with E-state index in [0.29, 0.717) is 12.8 Å². The zero-order valence-electron chi connectivity index (χ0n) is 12.3. The highest BCUT2D eigenvalue weighted by atomic mass is 16.1. The Hall–Kier alpha value is -2.81. The maximum atomic E-state index is 12.1. The second-order valence-corrected chi connectivity index (χ2v) is 5.36. The molecule has 3 heteroatoms. The molecule has 0 atom stereocenters. The first-order valence-electron chi connectivity index (χ1n) is 7.34. The number of fused-ring (bicyclic) bond motifs is 1. The van der Waals surface area contributed by atoms with Crippen LogP contribution in [0.5, 0.6) is 0 Å². The molecule has 0 aliphatic rings. The van der Waals surface area contributed by atoms with Crippen LogP contribution in [0.4, 0.5) is 11.4 Å². The summed E-state index contributed by atoms with van der Waals surface area (Å²) in [6, 6.07) is 21.7. The van der Waals surface area contributed by atoms with Crippen molar-refractivity contribution in [2.24, 2.45) is 0 Å². The highest BCUT2D eigenvalue weighted by Gasteiger charge is 2.04. The number of carbonyl (C=O) groups is 1. The Morgan fingerprint density at radius 2 is 1.73 bits per heavy atom. The molecule has 0 unspecified atom stereocenters. The van der Waals surface area contributed by atoms with Crippen LogP contribution < -0.4 is 11.1 Å². The fourth-order valence-electron chi connectivity index (χ4n) is 2.50. The van der Waals surface area contributed by atoms with Crippen molar-refractivity contribution in [2.75, 3.05) is 11.1 Å². The van der Waals surface area contributed by atoms with Gasteiger partial charge in [0, 0.05) is 17.8 Å². The van der Waals surface area contributed by atoms with Crippen molar-refractivity contribution >= 4 is 28.1 Å². The number of hydrogen-bond donors (Lipinski definition) is 2. The summed E-state index contributed by atoms with van der Waals surface area (Å²) in [6.07, 6.45) is 1.13. The largest absolute Gasteiger partial charge is 0.399 e. The highest BCUT2D eigenvalue weighted by molar-refractivity contribution is 5.94. The third-order valence-corrected chi connectivity index (χ3v) is 3.62. The molecule has 0 bridgehead atoms. The van der Waals surface area contributed by atoms with Crippen molar-refractivity contribution in [3.63, 3.8) is 0 Å². The molecule has 0 saturated carbocycles. The van der Waals surface area contributed by atoms with Gasteiger partial charge in [-0.25, -0.2) is 0 Å². The van der Waals surface area contributed by atoms with Crippen molar-refractivity contribution in [3.8, 4) is 0 Å². The Bertz CT molecular complexity index is 811. The van der Waals surface area contributed by atoms with Crippen molar-refractivity contribution in [2.45, 2.75) is 12.8 Å². The summed E-state index contributed by atoms with van der Waals surface area (Å²) in [7, 11) is 0. The molecule has 3 nitrogen and oxygen atoms in total. The molecule has 3 aromatic carbocycles. The van der Waals surface area contributed by atoms with Gasteiger partial charge in [0.1, 0.15) is 0 Å². The molecule has 3 aromatic rings. The number of nitrogens with one attached hydrogen (secondary N) is 1. The molecule has 1 amide bonds. The van der Waals surface area contributed by atoms with Gasteiger partial charge in [-0.1, -0.05) is 42.5 Å². The predicted molar refractivity (Wildman–Crippen MR) is 91.8 cm³/mol. The van der Waals surface area contributed by atoms with Gasteiger partial charge in [-0.3, -0.25) is 4.79 Å². The van der Waals surface area contributed by atoms with Gasteiger partial charge in [0.2, 0.25) is 5.91 Å². The number of nitrogens with two attached hydrogens (primary N) is 1. The molecule has 3 N–H and O–H groups in total.